The van der Waals surface area contributed by atoms with Crippen LogP contribution in [-0.4, -0.2) is 49.6 Å². The fraction of sp³-hybridized carbons (Fsp3) is 0.450. The standard InChI is InChI=1S/C20H17N3O5S2/c24-10(25)6-23-18(26)13-8-4-9(14(13)19(23)27)15-12(8)11(7-2-1-3-21-5-7)16-17(29-15)22-20(28)30-16/h1-3,5,8-9,11-15H,4,6H2,(H,22,28)(H,24,25)/t8-,9-,11-,12-,13-,14+,15-/m1/s1. The summed E-state index contributed by atoms with van der Waals surface area (Å²) in [6.07, 6.45) is 4.30. The molecule has 2 amide bonds. The zero-order valence-corrected chi connectivity index (χ0v) is 17.2. The number of aromatic amines is 1. The number of carbonyl (C=O) groups excluding carboxylic acids is 2. The summed E-state index contributed by atoms with van der Waals surface area (Å²) < 4.78 is 0. The Labute approximate surface area is 178 Å². The van der Waals surface area contributed by atoms with Crippen molar-refractivity contribution in [2.24, 2.45) is 29.6 Å². The molecule has 154 valence electrons. The molecule has 10 heteroatoms. The van der Waals surface area contributed by atoms with Crippen LogP contribution in [0.25, 0.3) is 0 Å². The van der Waals surface area contributed by atoms with E-state index in [1.807, 2.05) is 18.3 Å². The molecular formula is C20H17N3O5S2. The van der Waals surface area contributed by atoms with Gasteiger partial charge < -0.3 is 10.1 Å². The molecule has 7 atom stereocenters. The van der Waals surface area contributed by atoms with Crippen LogP contribution < -0.4 is 4.87 Å². The van der Waals surface area contributed by atoms with Gasteiger partial charge >= 0.3 is 10.8 Å². The fourth-order valence-electron chi connectivity index (χ4n) is 6.30. The first-order valence-electron chi connectivity index (χ1n) is 9.82. The van der Waals surface area contributed by atoms with Crippen molar-refractivity contribution < 1.29 is 19.5 Å². The minimum Gasteiger partial charge on any atom is -0.480 e. The Bertz CT molecular complexity index is 1140. The number of carboxylic acid groups (broad SMARTS) is 1. The number of H-pyrrole nitrogens is 1. The number of amides is 2. The SMILES string of the molecule is O=C(O)CN1C(=O)[C@@H]2[C@@H]3C[C@@H]([C@H]4Sc5[nH]c(=O)sc5[C@H](c5cccnc5)[C@@H]34)[C@@H]2C1=O. The van der Waals surface area contributed by atoms with Crippen molar-refractivity contribution in [1.82, 2.24) is 14.9 Å². The van der Waals surface area contributed by atoms with Gasteiger partial charge in [0.15, 0.2) is 0 Å². The molecule has 6 rings (SSSR count). The van der Waals surface area contributed by atoms with Crippen molar-refractivity contribution in [2.45, 2.75) is 22.6 Å². The van der Waals surface area contributed by atoms with Crippen LogP contribution in [0.15, 0.2) is 34.3 Å². The Kier molecular flexibility index (Phi) is 3.83. The molecule has 3 fully saturated rings. The third kappa shape index (κ3) is 2.31. The molecule has 4 aliphatic rings. The minimum absolute atomic E-state index is 0.000897. The number of aliphatic carboxylic acids is 1. The highest BCUT2D eigenvalue weighted by Crippen LogP contribution is 2.68. The van der Waals surface area contributed by atoms with E-state index in [0.29, 0.717) is 0 Å². The van der Waals surface area contributed by atoms with Gasteiger partial charge in [-0.15, -0.1) is 11.8 Å². The number of nitrogens with zero attached hydrogens (tertiary/aromatic N) is 2. The van der Waals surface area contributed by atoms with Gasteiger partial charge in [-0.25, -0.2) is 0 Å². The molecule has 2 bridgehead atoms. The lowest BCUT2D eigenvalue weighted by Crippen LogP contribution is -2.42. The summed E-state index contributed by atoms with van der Waals surface area (Å²) in [6.45, 7) is -0.570. The fourth-order valence-corrected chi connectivity index (χ4v) is 9.19. The van der Waals surface area contributed by atoms with E-state index in [-0.39, 0.29) is 45.6 Å². The maximum atomic E-state index is 13.1. The highest BCUT2D eigenvalue weighted by Gasteiger charge is 2.69. The number of likely N-dealkylation sites (tertiary alicyclic amines) is 1. The van der Waals surface area contributed by atoms with Crippen LogP contribution in [0.4, 0.5) is 0 Å². The van der Waals surface area contributed by atoms with E-state index >= 15 is 0 Å². The number of hydrogen-bond donors (Lipinski definition) is 2. The average Bonchev–Trinajstić information content (AvgIpc) is 3.44. The Hall–Kier alpha value is -2.46. The van der Waals surface area contributed by atoms with E-state index in [4.69, 9.17) is 5.11 Å². The second-order valence-electron chi connectivity index (χ2n) is 8.40. The van der Waals surface area contributed by atoms with Crippen LogP contribution in [-0.2, 0) is 14.4 Å². The number of thioether (sulfide) groups is 1. The second-order valence-corrected chi connectivity index (χ2v) is 10.6. The molecule has 2 N–H and O–H groups in total. The summed E-state index contributed by atoms with van der Waals surface area (Å²) in [4.78, 5) is 58.4. The molecule has 1 saturated heterocycles. The van der Waals surface area contributed by atoms with E-state index in [1.165, 1.54) is 11.3 Å². The van der Waals surface area contributed by atoms with Crippen LogP contribution in [0, 0.1) is 29.6 Å². The van der Waals surface area contributed by atoms with Crippen molar-refractivity contribution in [2.75, 3.05) is 6.54 Å². The molecule has 2 saturated carbocycles. The quantitative estimate of drug-likeness (QED) is 0.688. The van der Waals surface area contributed by atoms with Crippen molar-refractivity contribution in [3.05, 3.63) is 44.6 Å². The molecule has 30 heavy (non-hydrogen) atoms. The summed E-state index contributed by atoms with van der Waals surface area (Å²) in [5.74, 6) is -2.74. The van der Waals surface area contributed by atoms with Crippen LogP contribution in [0.1, 0.15) is 22.8 Å². The largest absolute Gasteiger partial charge is 0.480 e. The highest BCUT2D eigenvalue weighted by atomic mass is 32.2. The summed E-state index contributed by atoms with van der Waals surface area (Å²) in [7, 11) is 0. The Morgan fingerprint density at radius 1 is 1.23 bits per heavy atom. The smallest absolute Gasteiger partial charge is 0.323 e. The van der Waals surface area contributed by atoms with Crippen molar-refractivity contribution in [3.63, 3.8) is 0 Å². The summed E-state index contributed by atoms with van der Waals surface area (Å²) in [5, 5.41) is 10.1. The molecule has 0 radical (unpaired) electrons. The van der Waals surface area contributed by atoms with Gasteiger partial charge in [-0.3, -0.25) is 29.1 Å². The summed E-state index contributed by atoms with van der Waals surface area (Å²) in [6, 6.07) is 3.87. The molecule has 2 aromatic rings. The first kappa shape index (κ1) is 18.3. The predicted molar refractivity (Wildman–Crippen MR) is 107 cm³/mol. The van der Waals surface area contributed by atoms with Crippen LogP contribution in [0.5, 0.6) is 0 Å². The van der Waals surface area contributed by atoms with Crippen LogP contribution >= 0.6 is 23.1 Å². The van der Waals surface area contributed by atoms with E-state index in [0.717, 1.165) is 26.8 Å². The number of nitrogens with one attached hydrogen (secondary N) is 1. The van der Waals surface area contributed by atoms with Crippen molar-refractivity contribution in [1.29, 1.82) is 0 Å². The second kappa shape index (κ2) is 6.27. The Balaban J connectivity index is 1.45. The van der Waals surface area contributed by atoms with Gasteiger partial charge in [0, 0.05) is 28.4 Å². The minimum atomic E-state index is -1.18. The number of thiazole rings is 1. The van der Waals surface area contributed by atoms with Gasteiger partial charge in [-0.05, 0) is 35.8 Å². The lowest BCUT2D eigenvalue weighted by Gasteiger charge is -2.42. The van der Waals surface area contributed by atoms with Crippen molar-refractivity contribution >= 4 is 40.9 Å². The van der Waals surface area contributed by atoms with Gasteiger partial charge in [0.05, 0.1) is 16.9 Å². The molecule has 4 heterocycles. The van der Waals surface area contributed by atoms with Gasteiger partial charge in [0.25, 0.3) is 0 Å². The molecule has 0 unspecified atom stereocenters. The number of pyridine rings is 1. The van der Waals surface area contributed by atoms with Gasteiger partial charge in [0.1, 0.15) is 6.54 Å². The van der Waals surface area contributed by atoms with E-state index < -0.39 is 24.3 Å². The lowest BCUT2D eigenvalue weighted by molar-refractivity contribution is -0.149. The van der Waals surface area contributed by atoms with Gasteiger partial charge in [-0.1, -0.05) is 17.4 Å². The van der Waals surface area contributed by atoms with E-state index in [2.05, 4.69) is 9.97 Å². The number of imide groups is 1. The van der Waals surface area contributed by atoms with Crippen molar-refractivity contribution in [3.8, 4) is 0 Å². The number of carbonyl (C=O) groups is 3. The predicted octanol–water partition coefficient (Wildman–Crippen LogP) is 1.39. The zero-order valence-electron chi connectivity index (χ0n) is 15.6. The monoisotopic (exact) mass is 443 g/mol. The topological polar surface area (TPSA) is 120 Å². The molecule has 2 aliphatic carbocycles. The molecule has 0 spiro atoms. The van der Waals surface area contributed by atoms with Gasteiger partial charge in [0.2, 0.25) is 11.8 Å². The maximum Gasteiger partial charge on any atom is 0.323 e. The van der Waals surface area contributed by atoms with Crippen LogP contribution in [0.2, 0.25) is 0 Å². The third-order valence-corrected chi connectivity index (χ3v) is 9.74. The average molecular weight is 444 g/mol. The Morgan fingerprint density at radius 2 is 2.00 bits per heavy atom. The molecule has 2 aliphatic heterocycles. The first-order valence-corrected chi connectivity index (χ1v) is 11.5. The summed E-state index contributed by atoms with van der Waals surface area (Å²) in [5.41, 5.74) is 1.01. The lowest BCUT2D eigenvalue weighted by atomic mass is 9.68. The number of fused-ring (bicyclic) bond motifs is 9. The normalized spacial score (nSPS) is 36.0. The molecular weight excluding hydrogens is 426 g/mol. The summed E-state index contributed by atoms with van der Waals surface area (Å²) >= 11 is 2.82. The third-order valence-electron chi connectivity index (χ3n) is 7.15. The first-order chi connectivity index (χ1) is 14.5. The Morgan fingerprint density at radius 3 is 2.70 bits per heavy atom. The molecule has 2 aromatic heterocycles. The number of aromatic nitrogens is 2. The molecule has 8 nitrogen and oxygen atoms in total. The number of rotatable bonds is 3. The van der Waals surface area contributed by atoms with E-state index in [1.54, 1.807) is 18.0 Å². The number of hydrogen-bond acceptors (Lipinski definition) is 7. The zero-order chi connectivity index (χ0) is 20.7. The van der Waals surface area contributed by atoms with Gasteiger partial charge in [-0.2, -0.15) is 0 Å². The number of carboxylic acids is 1. The maximum absolute atomic E-state index is 13.1. The van der Waals surface area contributed by atoms with E-state index in [9.17, 15) is 19.2 Å². The molecule has 0 aromatic carbocycles. The highest BCUT2D eigenvalue weighted by molar-refractivity contribution is 8.00. The van der Waals surface area contributed by atoms with Crippen LogP contribution in [0.3, 0.4) is 0 Å².